The Morgan fingerprint density at radius 2 is 1.77 bits per heavy atom. The lowest BCUT2D eigenvalue weighted by molar-refractivity contribution is -0.138. The van der Waals surface area contributed by atoms with E-state index in [0.717, 1.165) is 0 Å². The minimum atomic E-state index is -0.993. The molecule has 2 amide bonds. The molecule has 0 aromatic carbocycles. The second-order valence-corrected chi connectivity index (χ2v) is 10.6. The molecule has 0 radical (unpaired) electrons. The van der Waals surface area contributed by atoms with Crippen molar-refractivity contribution >= 4 is 23.6 Å². The second-order valence-electron chi connectivity index (χ2n) is 10.6. The summed E-state index contributed by atoms with van der Waals surface area (Å²) in [5.41, 5.74) is 12.3. The third-order valence-electron chi connectivity index (χ3n) is 7.53. The highest BCUT2D eigenvalue weighted by Crippen LogP contribution is 2.29. The van der Waals surface area contributed by atoms with Crippen LogP contribution in [0.5, 0.6) is 0 Å². The van der Waals surface area contributed by atoms with Crippen LogP contribution < -0.4 is 16.8 Å². The van der Waals surface area contributed by atoms with Gasteiger partial charge in [0.15, 0.2) is 17.7 Å². The summed E-state index contributed by atoms with van der Waals surface area (Å²) in [5.74, 6) is -2.39. The van der Waals surface area contributed by atoms with E-state index in [1.165, 1.54) is 20.3 Å². The van der Waals surface area contributed by atoms with E-state index in [4.69, 9.17) is 25.7 Å². The summed E-state index contributed by atoms with van der Waals surface area (Å²) < 4.78 is 16.5. The van der Waals surface area contributed by atoms with Gasteiger partial charge in [0.1, 0.15) is 6.10 Å². The van der Waals surface area contributed by atoms with Crippen molar-refractivity contribution in [3.8, 4) is 0 Å². The zero-order valence-corrected chi connectivity index (χ0v) is 23.6. The number of amides is 2. The van der Waals surface area contributed by atoms with Gasteiger partial charge in [-0.05, 0) is 38.2 Å². The van der Waals surface area contributed by atoms with Gasteiger partial charge in [0.05, 0.1) is 24.3 Å². The number of hydrogen-bond donors (Lipinski definition) is 4. The fourth-order valence-corrected chi connectivity index (χ4v) is 5.24. The average molecular weight is 550 g/mol. The minimum Gasteiger partial charge on any atom is -0.439 e. The van der Waals surface area contributed by atoms with Gasteiger partial charge in [-0.25, -0.2) is 4.79 Å². The van der Waals surface area contributed by atoms with Crippen molar-refractivity contribution in [2.24, 2.45) is 29.2 Å². The molecule has 39 heavy (non-hydrogen) atoms. The molecule has 1 saturated carbocycles. The van der Waals surface area contributed by atoms with E-state index in [-0.39, 0.29) is 23.9 Å². The van der Waals surface area contributed by atoms with Crippen LogP contribution in [0.2, 0.25) is 0 Å². The highest BCUT2D eigenvalue weighted by atomic mass is 16.6. The lowest BCUT2D eigenvalue weighted by atomic mass is 9.74. The van der Waals surface area contributed by atoms with Crippen LogP contribution in [-0.4, -0.2) is 79.4 Å². The number of nitrogens with one attached hydrogen (secondary N) is 1. The Labute approximate surface area is 230 Å². The summed E-state index contributed by atoms with van der Waals surface area (Å²) >= 11 is 0. The number of ketones is 2. The van der Waals surface area contributed by atoms with E-state index in [1.54, 1.807) is 39.0 Å². The number of aliphatic hydroxyl groups excluding tert-OH is 1. The van der Waals surface area contributed by atoms with Gasteiger partial charge in [-0.3, -0.25) is 14.4 Å². The van der Waals surface area contributed by atoms with Gasteiger partial charge in [-0.1, -0.05) is 38.2 Å². The maximum atomic E-state index is 13.3. The van der Waals surface area contributed by atoms with Crippen LogP contribution in [0.15, 0.2) is 35.5 Å². The van der Waals surface area contributed by atoms with Crippen LogP contribution in [0.25, 0.3) is 0 Å². The first-order valence-corrected chi connectivity index (χ1v) is 13.2. The molecule has 0 spiro atoms. The molecule has 0 aromatic heterocycles. The molecule has 11 heteroatoms. The fraction of sp³-hybridized carbons (Fsp3) is 0.643. The maximum absolute atomic E-state index is 13.3. The van der Waals surface area contributed by atoms with Gasteiger partial charge in [-0.15, -0.1) is 0 Å². The van der Waals surface area contributed by atoms with Crippen molar-refractivity contribution in [2.45, 2.75) is 83.5 Å². The average Bonchev–Trinajstić information content (AvgIpc) is 2.88. The molecule has 1 heterocycles. The number of rotatable bonds is 3. The smallest absolute Gasteiger partial charge is 0.405 e. The van der Waals surface area contributed by atoms with Gasteiger partial charge in [-0.2, -0.15) is 0 Å². The first kappa shape index (κ1) is 32.4. The first-order chi connectivity index (χ1) is 18.3. The lowest BCUT2D eigenvalue weighted by Gasteiger charge is -2.34. The number of methoxy groups -OCH3 is 2. The third-order valence-corrected chi connectivity index (χ3v) is 7.53. The number of fused-ring (bicyclic) bond motifs is 2. The molecule has 9 atom stereocenters. The summed E-state index contributed by atoms with van der Waals surface area (Å²) in [4.78, 5) is 50.5. The number of allylic oxidation sites excluding steroid dienone is 2. The largest absolute Gasteiger partial charge is 0.439 e. The Bertz CT molecular complexity index is 1010. The molecule has 11 nitrogen and oxygen atoms in total. The van der Waals surface area contributed by atoms with Gasteiger partial charge >= 0.3 is 6.09 Å². The van der Waals surface area contributed by atoms with Gasteiger partial charge in [0, 0.05) is 38.0 Å². The Balaban J connectivity index is 2.53. The highest BCUT2D eigenvalue weighted by Gasteiger charge is 2.43. The van der Waals surface area contributed by atoms with Crippen LogP contribution in [0.4, 0.5) is 4.79 Å². The molecule has 2 bridgehead atoms. The van der Waals surface area contributed by atoms with E-state index in [0.29, 0.717) is 24.0 Å². The van der Waals surface area contributed by atoms with Crippen LogP contribution in [-0.2, 0) is 28.6 Å². The number of primary amides is 1. The predicted octanol–water partition coefficient (Wildman–Crippen LogP) is 1.33. The topological polar surface area (TPSA) is 180 Å². The summed E-state index contributed by atoms with van der Waals surface area (Å²) in [6.45, 7) is 7.01. The van der Waals surface area contributed by atoms with Crippen LogP contribution in [0.1, 0.15) is 47.0 Å². The summed E-state index contributed by atoms with van der Waals surface area (Å²) in [7, 11) is 2.93. The molecule has 0 aromatic rings. The molecule has 2 aliphatic rings. The SMILES string of the molecule is COC1C=CC=C(C)C(=O)NC2CC(=O)C(N)C(CC(C)CC(OC)C(O)C(C)C=C(C)C1OC(N)=O)C2=O. The molecule has 1 aliphatic carbocycles. The second kappa shape index (κ2) is 14.5. The van der Waals surface area contributed by atoms with Gasteiger partial charge in [0.2, 0.25) is 5.91 Å². The van der Waals surface area contributed by atoms with Crippen molar-refractivity contribution in [1.29, 1.82) is 0 Å². The molecule has 2 rings (SSSR count). The van der Waals surface area contributed by atoms with Gasteiger partial charge < -0.3 is 36.1 Å². The Kier molecular flexibility index (Phi) is 12.0. The monoisotopic (exact) mass is 549 g/mol. The highest BCUT2D eigenvalue weighted by molar-refractivity contribution is 6.05. The zero-order valence-electron chi connectivity index (χ0n) is 23.6. The number of ether oxygens (including phenoxy) is 3. The number of Topliss-reactive ketones (excluding diaryl/α,β-unsaturated/α-hetero) is 2. The lowest BCUT2D eigenvalue weighted by Crippen LogP contribution is -2.57. The van der Waals surface area contributed by atoms with Crippen molar-refractivity contribution in [3.05, 3.63) is 35.5 Å². The molecular weight excluding hydrogens is 506 g/mol. The van der Waals surface area contributed by atoms with E-state index in [9.17, 15) is 24.3 Å². The first-order valence-electron chi connectivity index (χ1n) is 13.2. The van der Waals surface area contributed by atoms with Crippen LogP contribution >= 0.6 is 0 Å². The van der Waals surface area contributed by atoms with Gasteiger partial charge in [0.25, 0.3) is 0 Å². The Hall–Kier alpha value is -2.86. The van der Waals surface area contributed by atoms with Crippen molar-refractivity contribution < 1.29 is 38.5 Å². The predicted molar refractivity (Wildman–Crippen MR) is 144 cm³/mol. The van der Waals surface area contributed by atoms with Crippen molar-refractivity contribution in [1.82, 2.24) is 5.32 Å². The normalized spacial score (nSPS) is 35.6. The molecule has 6 N–H and O–H groups in total. The molecular formula is C28H43N3O8. The Morgan fingerprint density at radius 1 is 1.10 bits per heavy atom. The molecule has 1 aliphatic heterocycles. The molecule has 218 valence electrons. The maximum Gasteiger partial charge on any atom is 0.405 e. The molecule has 0 saturated heterocycles. The summed E-state index contributed by atoms with van der Waals surface area (Å²) in [6.07, 6.45) is 2.80. The standard InChI is InChI=1S/C28H43N3O8/c1-14-10-18-23(29)20(32)13-19(25(18)34)31-27(35)15(2)8-7-9-21(37-5)26(39-28(30)36)17(4)12-16(3)24(33)22(11-14)38-6/h7-9,12,14,16,18-19,21-24,26,33H,10-11,13,29H2,1-6H3,(H2,30,36)(H,31,35). The van der Waals surface area contributed by atoms with Crippen LogP contribution in [0, 0.1) is 17.8 Å². The van der Waals surface area contributed by atoms with E-state index in [2.05, 4.69) is 5.32 Å². The Morgan fingerprint density at radius 3 is 2.36 bits per heavy atom. The summed E-state index contributed by atoms with van der Waals surface area (Å²) in [5, 5.41) is 13.8. The van der Waals surface area contributed by atoms with Crippen molar-refractivity contribution in [2.75, 3.05) is 14.2 Å². The third kappa shape index (κ3) is 8.56. The number of hydrogen-bond acceptors (Lipinski definition) is 9. The molecule has 9 unspecified atom stereocenters. The van der Waals surface area contributed by atoms with E-state index < -0.39 is 60.3 Å². The fourth-order valence-electron chi connectivity index (χ4n) is 5.24. The quantitative estimate of drug-likeness (QED) is 0.378. The number of carbonyl (C=O) groups is 4. The number of carbonyl (C=O) groups excluding carboxylic acids is 4. The molecule has 1 fully saturated rings. The van der Waals surface area contributed by atoms with E-state index in [1.807, 2.05) is 6.92 Å². The summed E-state index contributed by atoms with van der Waals surface area (Å²) in [6, 6.07) is -1.93. The zero-order chi connectivity index (χ0) is 29.4. The van der Waals surface area contributed by atoms with Crippen LogP contribution in [0.3, 0.4) is 0 Å². The number of aliphatic hydroxyl groups is 1. The minimum absolute atomic E-state index is 0.138. The van der Waals surface area contributed by atoms with Crippen molar-refractivity contribution in [3.63, 3.8) is 0 Å². The van der Waals surface area contributed by atoms with E-state index >= 15 is 0 Å². The number of nitrogens with two attached hydrogens (primary N) is 2.